The zero-order valence-corrected chi connectivity index (χ0v) is 10.9. The largest absolute Gasteiger partial charge is 0.560 e. The molecule has 1 aromatic rings. The van der Waals surface area contributed by atoms with Crippen LogP contribution in [0.5, 0.6) is 0 Å². The molecule has 0 spiro atoms. The van der Waals surface area contributed by atoms with Crippen molar-refractivity contribution < 1.29 is 22.0 Å². The summed E-state index contributed by atoms with van der Waals surface area (Å²) < 4.78 is 59.9. The summed E-state index contributed by atoms with van der Waals surface area (Å²) in [6.45, 7) is 0. The molecule has 0 fully saturated rings. The van der Waals surface area contributed by atoms with E-state index in [1.54, 1.807) is 0 Å². The molecule has 14 heavy (non-hydrogen) atoms. The summed E-state index contributed by atoms with van der Waals surface area (Å²) >= 11 is 6.44. The number of hydrogen-bond donors (Lipinski definition) is 0. The van der Waals surface area contributed by atoms with Crippen molar-refractivity contribution >= 4 is 41.8 Å². The third-order valence-electron chi connectivity index (χ3n) is 0.990. The van der Waals surface area contributed by atoms with Crippen LogP contribution in [0.2, 0.25) is 0 Å². The highest BCUT2D eigenvalue weighted by molar-refractivity contribution is 9.47. The van der Waals surface area contributed by atoms with Gasteiger partial charge in [0.2, 0.25) is 5.82 Å². The summed E-state index contributed by atoms with van der Waals surface area (Å²) in [5.74, 6) is -10.0. The average Bonchev–Trinajstić information content (AvgIpc) is 2.13. The molecule has 0 aliphatic carbocycles. The highest BCUT2D eigenvalue weighted by Crippen LogP contribution is 2.16. The second-order valence-electron chi connectivity index (χ2n) is 1.80. The molecule has 0 saturated heterocycles. The molecule has 1 aromatic carbocycles. The predicted molar refractivity (Wildman–Crippen MR) is 48.7 cm³/mol. The quantitative estimate of drug-likeness (QED) is 0.291. The van der Waals surface area contributed by atoms with Crippen LogP contribution < -0.4 is 0 Å². The molecule has 0 aliphatic heterocycles. The molecular formula is C6Br2F5Mg. The molecule has 0 aliphatic rings. The number of halogens is 7. The fourth-order valence-electron chi connectivity index (χ4n) is 0.495. The second kappa shape index (κ2) is 6.97. The lowest BCUT2D eigenvalue weighted by Crippen LogP contribution is -1.98. The predicted octanol–water partition coefficient (Wildman–Crippen LogP) is 3.49. The molecule has 1 rings (SSSR count). The van der Waals surface area contributed by atoms with Gasteiger partial charge in [-0.3, -0.25) is 25.8 Å². The summed E-state index contributed by atoms with van der Waals surface area (Å²) in [5, 5.41) is 0. The molecule has 0 atom stereocenters. The Kier molecular flexibility index (Phi) is 7.26. The number of benzene rings is 1. The van der Waals surface area contributed by atoms with Crippen LogP contribution in [0, 0.1) is 35.2 Å². The topological polar surface area (TPSA) is 0 Å². The Morgan fingerprint density at radius 1 is 0.786 bits per heavy atom. The van der Waals surface area contributed by atoms with Gasteiger partial charge in [0.1, 0.15) is 0 Å². The lowest BCUT2D eigenvalue weighted by atomic mass is 10.3. The maximum atomic E-state index is 12.0. The molecule has 75 valence electrons. The minimum absolute atomic E-state index is 0.0417. The van der Waals surface area contributed by atoms with E-state index in [0.717, 1.165) is 6.07 Å². The van der Waals surface area contributed by atoms with Gasteiger partial charge in [0.15, 0.2) is 23.3 Å². The minimum Gasteiger partial charge on any atom is -0.280 e. The van der Waals surface area contributed by atoms with Crippen molar-refractivity contribution in [3.63, 3.8) is 0 Å². The molecule has 0 nitrogen and oxygen atoms in total. The maximum absolute atomic E-state index is 12.0. The lowest BCUT2D eigenvalue weighted by Gasteiger charge is -1.95. The van der Waals surface area contributed by atoms with Crippen LogP contribution in [0.1, 0.15) is 0 Å². The first-order valence-corrected chi connectivity index (χ1v) is 10.8. The van der Waals surface area contributed by atoms with E-state index >= 15 is 0 Å². The van der Waals surface area contributed by atoms with Crippen molar-refractivity contribution in [2.75, 3.05) is 0 Å². The van der Waals surface area contributed by atoms with Crippen molar-refractivity contribution in [2.24, 2.45) is 0 Å². The van der Waals surface area contributed by atoms with Crippen LogP contribution in [0.3, 0.4) is 0 Å². The average molecular weight is 351 g/mol. The van der Waals surface area contributed by atoms with Gasteiger partial charge in [-0.05, 0) is 0 Å². The standard InChI is InChI=1S/C6F5.2BrH.Mg/c7-2-1-3(8)5(10)6(11)4(2)9;;;/h;2*1H;/q;;;+2/p-2. The molecular weight excluding hydrogens is 351 g/mol. The lowest BCUT2D eigenvalue weighted by molar-refractivity contribution is 0.377. The molecule has 0 heterocycles. The van der Waals surface area contributed by atoms with Gasteiger partial charge in [0.25, 0.3) is 0 Å². The van der Waals surface area contributed by atoms with Crippen LogP contribution in [-0.2, 0) is 0 Å². The zero-order chi connectivity index (χ0) is 11.3. The summed E-state index contributed by atoms with van der Waals surface area (Å²) in [6.07, 6.45) is 0. The number of hydrogen-bond acceptors (Lipinski definition) is 0. The Morgan fingerprint density at radius 2 is 1.07 bits per heavy atom. The Labute approximate surface area is 98.3 Å². The summed E-state index contributed by atoms with van der Waals surface area (Å²) in [4.78, 5) is 0. The first-order chi connectivity index (χ1) is 6.45. The van der Waals surface area contributed by atoms with E-state index in [0.29, 0.717) is 0 Å². The Hall–Kier alpha value is 0.596. The zero-order valence-electron chi connectivity index (χ0n) is 6.35. The van der Waals surface area contributed by atoms with E-state index in [2.05, 4.69) is 25.8 Å². The molecule has 0 amide bonds. The monoisotopic (exact) mass is 349 g/mol. The van der Waals surface area contributed by atoms with E-state index in [9.17, 15) is 22.0 Å². The van der Waals surface area contributed by atoms with Gasteiger partial charge in [-0.25, -0.2) is 22.0 Å². The SMILES string of the molecule is Fc1[c]c(F)c(F)c(F)c1F.[Br][Mg][Br]. The van der Waals surface area contributed by atoms with Crippen molar-refractivity contribution in [1.82, 2.24) is 0 Å². The molecule has 1 radical (unpaired) electrons. The highest BCUT2D eigenvalue weighted by Gasteiger charge is 2.18. The summed E-state index contributed by atoms with van der Waals surface area (Å²) in [6, 6.07) is 1.02. The minimum atomic E-state index is -2.17. The van der Waals surface area contributed by atoms with E-state index in [1.807, 2.05) is 0 Å². The van der Waals surface area contributed by atoms with Crippen molar-refractivity contribution in [1.29, 1.82) is 0 Å². The number of rotatable bonds is 0. The van der Waals surface area contributed by atoms with Crippen LogP contribution in [0.4, 0.5) is 22.0 Å². The third-order valence-corrected chi connectivity index (χ3v) is 0.990. The van der Waals surface area contributed by atoms with Crippen molar-refractivity contribution in [2.45, 2.75) is 0 Å². The fraction of sp³-hybridized carbons (Fsp3) is 0. The molecule has 0 bridgehead atoms. The van der Waals surface area contributed by atoms with Crippen molar-refractivity contribution in [3.05, 3.63) is 35.2 Å². The van der Waals surface area contributed by atoms with Crippen LogP contribution in [-0.4, -0.2) is 16.0 Å². The van der Waals surface area contributed by atoms with Gasteiger partial charge in [0.05, 0.1) is 6.07 Å². The Bertz CT molecular complexity index is 293. The van der Waals surface area contributed by atoms with Gasteiger partial charge in [0, 0.05) is 0 Å². The van der Waals surface area contributed by atoms with Gasteiger partial charge in [-0.15, -0.1) is 0 Å². The van der Waals surface area contributed by atoms with Gasteiger partial charge in [-0.1, -0.05) is 0 Å². The molecule has 0 unspecified atom stereocenters. The molecule has 0 N–H and O–H groups in total. The van der Waals surface area contributed by atoms with Crippen LogP contribution >= 0.6 is 25.8 Å². The first-order valence-electron chi connectivity index (χ1n) is 2.98. The van der Waals surface area contributed by atoms with E-state index in [4.69, 9.17) is 0 Å². The van der Waals surface area contributed by atoms with Crippen molar-refractivity contribution in [3.8, 4) is 0 Å². The van der Waals surface area contributed by atoms with E-state index in [-0.39, 0.29) is 16.0 Å². The van der Waals surface area contributed by atoms with Gasteiger partial charge in [-0.2, -0.15) is 0 Å². The highest BCUT2D eigenvalue weighted by atomic mass is 79.9. The summed E-state index contributed by atoms with van der Waals surface area (Å²) in [5.41, 5.74) is 0. The third kappa shape index (κ3) is 3.99. The van der Waals surface area contributed by atoms with Crippen LogP contribution in [0.25, 0.3) is 0 Å². The molecule has 0 aromatic heterocycles. The normalized spacial score (nSPS) is 8.79. The van der Waals surface area contributed by atoms with E-state index in [1.165, 1.54) is 0 Å². The maximum Gasteiger partial charge on any atom is 0.560 e. The smallest absolute Gasteiger partial charge is 0.280 e. The molecule has 8 heteroatoms. The van der Waals surface area contributed by atoms with Crippen LogP contribution in [0.15, 0.2) is 0 Å². The van der Waals surface area contributed by atoms with E-state index < -0.39 is 29.1 Å². The molecule has 0 saturated carbocycles. The summed E-state index contributed by atoms with van der Waals surface area (Å²) in [7, 11) is 0. The first kappa shape index (κ1) is 14.6. The Balaban J connectivity index is 0.000000500. The van der Waals surface area contributed by atoms with Gasteiger partial charge < -0.3 is 0 Å². The van der Waals surface area contributed by atoms with Gasteiger partial charge >= 0.3 is 16.0 Å². The Morgan fingerprint density at radius 3 is 1.36 bits per heavy atom. The fourth-order valence-corrected chi connectivity index (χ4v) is 0.495. The second-order valence-corrected chi connectivity index (χ2v) is 9.88.